The molecule has 0 saturated carbocycles. The maximum absolute atomic E-state index is 11.9. The molecule has 3 N–H and O–H groups in total. The van der Waals surface area contributed by atoms with E-state index in [2.05, 4.69) is 24.4 Å². The molecule has 8 nitrogen and oxygen atoms in total. The van der Waals surface area contributed by atoms with Gasteiger partial charge in [-0.1, -0.05) is 16.8 Å². The maximum atomic E-state index is 11.9. The molecule has 0 fully saturated rings. The minimum atomic E-state index is -3.69. The van der Waals surface area contributed by atoms with E-state index in [9.17, 15) is 8.42 Å². The van der Waals surface area contributed by atoms with Crippen molar-refractivity contribution in [2.75, 3.05) is 12.3 Å². The van der Waals surface area contributed by atoms with Crippen molar-refractivity contribution in [1.29, 1.82) is 0 Å². The van der Waals surface area contributed by atoms with Gasteiger partial charge in [0.2, 0.25) is 16.4 Å². The van der Waals surface area contributed by atoms with Gasteiger partial charge < -0.3 is 10.3 Å². The number of anilines is 1. The van der Waals surface area contributed by atoms with Crippen molar-refractivity contribution in [3.63, 3.8) is 0 Å². The molecule has 0 aliphatic heterocycles. The van der Waals surface area contributed by atoms with Crippen LogP contribution in [0.3, 0.4) is 0 Å². The molecule has 0 aliphatic rings. The summed E-state index contributed by atoms with van der Waals surface area (Å²) in [6.45, 7) is 0.129. The van der Waals surface area contributed by atoms with E-state index < -0.39 is 10.0 Å². The number of nitrogen functional groups attached to an aromatic ring is 1. The first-order valence-electron chi connectivity index (χ1n) is 5.15. The normalized spacial score (nSPS) is 11.6. The number of rotatable bonds is 5. The summed E-state index contributed by atoms with van der Waals surface area (Å²) in [7, 11) is -3.69. The zero-order chi connectivity index (χ0) is 13.9. The summed E-state index contributed by atoms with van der Waals surface area (Å²) < 4.78 is 30.7. The van der Waals surface area contributed by atoms with Gasteiger partial charge in [0.1, 0.15) is 10.7 Å². The Balaban J connectivity index is 2.03. The lowest BCUT2D eigenvalue weighted by molar-refractivity contribution is 0.410. The van der Waals surface area contributed by atoms with Gasteiger partial charge in [-0.3, -0.25) is 0 Å². The highest BCUT2D eigenvalue weighted by atomic mass is 35.5. The molecule has 0 atom stereocenters. The highest BCUT2D eigenvalue weighted by Crippen LogP contribution is 2.19. The number of sulfonamides is 1. The lowest BCUT2D eigenvalue weighted by Crippen LogP contribution is -2.26. The van der Waals surface area contributed by atoms with E-state index in [1.165, 1.54) is 12.5 Å². The minimum absolute atomic E-state index is 0.0557. The Labute approximate surface area is 114 Å². The zero-order valence-electron chi connectivity index (χ0n) is 9.58. The number of nitrogens with zero attached hydrogens (tertiary/aromatic N) is 3. The summed E-state index contributed by atoms with van der Waals surface area (Å²) in [5.74, 6) is 0.489. The number of aromatic nitrogens is 3. The van der Waals surface area contributed by atoms with Crippen molar-refractivity contribution < 1.29 is 12.9 Å². The second-order valence-electron chi connectivity index (χ2n) is 3.53. The van der Waals surface area contributed by atoms with Crippen molar-refractivity contribution in [3.8, 4) is 0 Å². The third-order valence-electron chi connectivity index (χ3n) is 2.20. The smallest absolute Gasteiger partial charge is 0.242 e. The first-order valence-corrected chi connectivity index (χ1v) is 7.01. The summed E-state index contributed by atoms with van der Waals surface area (Å²) >= 11 is 5.72. The van der Waals surface area contributed by atoms with Crippen LogP contribution in [0.4, 0.5) is 5.82 Å². The first-order chi connectivity index (χ1) is 8.99. The van der Waals surface area contributed by atoms with E-state index >= 15 is 0 Å². The molecule has 102 valence electrons. The summed E-state index contributed by atoms with van der Waals surface area (Å²) in [6.07, 6.45) is 2.62. The summed E-state index contributed by atoms with van der Waals surface area (Å²) in [5, 5.41) is 3.65. The van der Waals surface area contributed by atoms with Crippen LogP contribution < -0.4 is 10.5 Å². The summed E-state index contributed by atoms with van der Waals surface area (Å²) in [6, 6.07) is 1.24. The topological polar surface area (TPSA) is 124 Å². The van der Waals surface area contributed by atoms with E-state index in [4.69, 9.17) is 17.3 Å². The van der Waals surface area contributed by atoms with Crippen LogP contribution in [-0.4, -0.2) is 30.1 Å². The lowest BCUT2D eigenvalue weighted by atomic mass is 10.4. The molecular formula is C9H10ClN5O3S. The van der Waals surface area contributed by atoms with Crippen LogP contribution in [0.5, 0.6) is 0 Å². The molecule has 0 bridgehead atoms. The Morgan fingerprint density at radius 3 is 2.84 bits per heavy atom. The van der Waals surface area contributed by atoms with Gasteiger partial charge in [0.05, 0.1) is 5.02 Å². The Morgan fingerprint density at radius 1 is 1.42 bits per heavy atom. The molecule has 0 amide bonds. The Morgan fingerprint density at radius 2 is 2.21 bits per heavy atom. The minimum Gasteiger partial charge on any atom is -0.382 e. The number of halogens is 1. The molecule has 0 radical (unpaired) electrons. The Kier molecular flexibility index (Phi) is 3.98. The Hall–Kier alpha value is -1.71. The standard InChI is InChI=1S/C9H10ClN5O3S/c10-7-3-6(4-12-9(7)11)19(16,17)14-2-1-8-13-5-18-15-8/h3-5,14H,1-2H2,(H2,11,12). The highest BCUT2D eigenvalue weighted by Gasteiger charge is 2.15. The van der Waals surface area contributed by atoms with Gasteiger partial charge in [-0.2, -0.15) is 4.98 Å². The zero-order valence-corrected chi connectivity index (χ0v) is 11.1. The molecule has 2 rings (SSSR count). The van der Waals surface area contributed by atoms with Gasteiger partial charge in [-0.25, -0.2) is 18.1 Å². The summed E-state index contributed by atoms with van der Waals surface area (Å²) in [5.41, 5.74) is 5.41. The number of nitrogens with two attached hydrogens (primary N) is 1. The van der Waals surface area contributed by atoms with Gasteiger partial charge in [-0.05, 0) is 6.07 Å². The quantitative estimate of drug-likeness (QED) is 0.809. The second-order valence-corrected chi connectivity index (χ2v) is 5.71. The number of hydrogen-bond acceptors (Lipinski definition) is 7. The van der Waals surface area contributed by atoms with E-state index in [-0.39, 0.29) is 22.3 Å². The lowest BCUT2D eigenvalue weighted by Gasteiger charge is -2.06. The molecule has 2 heterocycles. The van der Waals surface area contributed by atoms with Gasteiger partial charge in [-0.15, -0.1) is 0 Å². The molecule has 10 heteroatoms. The molecule has 2 aromatic rings. The SMILES string of the molecule is Nc1ncc(S(=O)(=O)NCCc2ncon2)cc1Cl. The van der Waals surface area contributed by atoms with E-state index in [0.29, 0.717) is 12.2 Å². The van der Waals surface area contributed by atoms with E-state index in [1.807, 2.05) is 0 Å². The fourth-order valence-corrected chi connectivity index (χ4v) is 2.49. The summed E-state index contributed by atoms with van der Waals surface area (Å²) in [4.78, 5) is 7.41. The molecular weight excluding hydrogens is 294 g/mol. The Bertz CT molecular complexity index is 658. The molecule has 0 unspecified atom stereocenters. The second kappa shape index (κ2) is 5.51. The maximum Gasteiger partial charge on any atom is 0.242 e. The predicted octanol–water partition coefficient (Wildman–Crippen LogP) is 0.221. The molecule has 0 aliphatic carbocycles. The van der Waals surface area contributed by atoms with Crippen molar-refractivity contribution in [2.45, 2.75) is 11.3 Å². The van der Waals surface area contributed by atoms with Gasteiger partial charge in [0.15, 0.2) is 5.82 Å². The molecule has 0 aromatic carbocycles. The first kappa shape index (κ1) is 13.7. The number of hydrogen-bond donors (Lipinski definition) is 2. The highest BCUT2D eigenvalue weighted by molar-refractivity contribution is 7.89. The van der Waals surface area contributed by atoms with E-state index in [1.54, 1.807) is 0 Å². The molecule has 2 aromatic heterocycles. The van der Waals surface area contributed by atoms with Gasteiger partial charge in [0, 0.05) is 19.2 Å². The van der Waals surface area contributed by atoms with Crippen LogP contribution in [0.2, 0.25) is 5.02 Å². The number of pyridine rings is 1. The van der Waals surface area contributed by atoms with Crippen molar-refractivity contribution in [1.82, 2.24) is 19.8 Å². The van der Waals surface area contributed by atoms with Crippen LogP contribution in [-0.2, 0) is 16.4 Å². The van der Waals surface area contributed by atoms with Crippen LogP contribution in [0, 0.1) is 0 Å². The van der Waals surface area contributed by atoms with Crippen LogP contribution in [0.1, 0.15) is 5.82 Å². The molecule has 19 heavy (non-hydrogen) atoms. The average Bonchev–Trinajstić information content (AvgIpc) is 2.85. The van der Waals surface area contributed by atoms with E-state index in [0.717, 1.165) is 6.20 Å². The third kappa shape index (κ3) is 3.40. The largest absolute Gasteiger partial charge is 0.382 e. The monoisotopic (exact) mass is 303 g/mol. The van der Waals surface area contributed by atoms with Crippen LogP contribution in [0.15, 0.2) is 28.1 Å². The molecule has 0 spiro atoms. The number of nitrogens with one attached hydrogen (secondary N) is 1. The van der Waals surface area contributed by atoms with Crippen molar-refractivity contribution in [2.24, 2.45) is 0 Å². The van der Waals surface area contributed by atoms with Crippen molar-refractivity contribution >= 4 is 27.4 Å². The fraction of sp³-hybridized carbons (Fsp3) is 0.222. The average molecular weight is 304 g/mol. The fourth-order valence-electron chi connectivity index (χ4n) is 1.26. The van der Waals surface area contributed by atoms with Crippen molar-refractivity contribution in [3.05, 3.63) is 29.5 Å². The van der Waals surface area contributed by atoms with Crippen LogP contribution >= 0.6 is 11.6 Å². The van der Waals surface area contributed by atoms with Gasteiger partial charge >= 0.3 is 0 Å². The predicted molar refractivity (Wildman–Crippen MR) is 66.8 cm³/mol. The van der Waals surface area contributed by atoms with Gasteiger partial charge in [0.25, 0.3) is 0 Å². The molecule has 0 saturated heterocycles. The van der Waals surface area contributed by atoms with Crippen LogP contribution in [0.25, 0.3) is 0 Å². The third-order valence-corrected chi connectivity index (χ3v) is 3.93.